The quantitative estimate of drug-likeness (QED) is 0.107. The molecule has 0 fully saturated rings. The SMILES string of the molecule is CCCCOc1ccc(C2(c3ccc(F)cc3)C=Cc3c4c(c5ccc(F)cc5c3O2)-c2c(ccc3c2C(=O)OC3=O)C4(C)C)cc1. The summed E-state index contributed by atoms with van der Waals surface area (Å²) in [6.07, 6.45) is 5.89. The number of hydrogen-bond donors (Lipinski definition) is 0. The van der Waals surface area contributed by atoms with Gasteiger partial charge in [0.15, 0.2) is 5.60 Å². The zero-order valence-electron chi connectivity index (χ0n) is 26.1. The lowest BCUT2D eigenvalue weighted by molar-refractivity contribution is 0.0444. The molecular formula is C40H30F2O5. The molecule has 7 heteroatoms. The molecule has 0 amide bonds. The molecule has 2 aliphatic heterocycles. The lowest BCUT2D eigenvalue weighted by atomic mass is 9.76. The molecule has 234 valence electrons. The Morgan fingerprint density at radius 2 is 1.47 bits per heavy atom. The lowest BCUT2D eigenvalue weighted by Crippen LogP contribution is -2.35. The normalized spacial score (nSPS) is 18.3. The second-order valence-electron chi connectivity index (χ2n) is 12.8. The molecule has 1 aliphatic carbocycles. The van der Waals surface area contributed by atoms with Crippen LogP contribution in [0.25, 0.3) is 28.0 Å². The van der Waals surface area contributed by atoms with Crippen molar-refractivity contribution in [1.29, 1.82) is 0 Å². The number of fused-ring (bicyclic) bond motifs is 10. The first-order valence-electron chi connectivity index (χ1n) is 15.8. The molecule has 0 saturated carbocycles. The average Bonchev–Trinajstić information content (AvgIpc) is 3.50. The summed E-state index contributed by atoms with van der Waals surface area (Å²) < 4.78 is 47.4. The van der Waals surface area contributed by atoms with Gasteiger partial charge in [0.05, 0.1) is 17.7 Å². The van der Waals surface area contributed by atoms with Crippen LogP contribution in [0.3, 0.4) is 0 Å². The van der Waals surface area contributed by atoms with Gasteiger partial charge in [0.1, 0.15) is 23.1 Å². The van der Waals surface area contributed by atoms with Crippen molar-refractivity contribution in [3.8, 4) is 22.6 Å². The summed E-state index contributed by atoms with van der Waals surface area (Å²) >= 11 is 0. The number of benzene rings is 5. The van der Waals surface area contributed by atoms with Gasteiger partial charge in [0, 0.05) is 33.1 Å². The van der Waals surface area contributed by atoms with Crippen LogP contribution in [-0.4, -0.2) is 18.5 Å². The summed E-state index contributed by atoms with van der Waals surface area (Å²) in [5, 5.41) is 1.18. The minimum atomic E-state index is -1.19. The average molecular weight is 629 g/mol. The number of rotatable bonds is 6. The van der Waals surface area contributed by atoms with Crippen molar-refractivity contribution in [2.24, 2.45) is 0 Å². The fraction of sp³-hybridized carbons (Fsp3) is 0.200. The topological polar surface area (TPSA) is 61.8 Å². The second kappa shape index (κ2) is 10.4. The molecule has 8 rings (SSSR count). The van der Waals surface area contributed by atoms with Gasteiger partial charge in [-0.2, -0.15) is 0 Å². The Labute approximate surface area is 270 Å². The molecule has 2 heterocycles. The Balaban J connectivity index is 1.39. The van der Waals surface area contributed by atoms with Gasteiger partial charge in [0.2, 0.25) is 0 Å². The molecule has 47 heavy (non-hydrogen) atoms. The molecule has 0 radical (unpaired) electrons. The summed E-state index contributed by atoms with van der Waals surface area (Å²) in [5.74, 6) is -1.01. The molecule has 0 saturated heterocycles. The Kier molecular flexibility index (Phi) is 6.42. The van der Waals surface area contributed by atoms with Crippen LogP contribution in [0.2, 0.25) is 0 Å². The number of cyclic esters (lactones) is 2. The van der Waals surface area contributed by atoms with Gasteiger partial charge in [-0.1, -0.05) is 69.7 Å². The van der Waals surface area contributed by atoms with E-state index in [4.69, 9.17) is 14.2 Å². The number of unbranched alkanes of at least 4 members (excludes halogenated alkanes) is 1. The van der Waals surface area contributed by atoms with Crippen molar-refractivity contribution in [3.05, 3.63) is 136 Å². The van der Waals surface area contributed by atoms with Crippen LogP contribution < -0.4 is 9.47 Å². The Morgan fingerprint density at radius 1 is 0.766 bits per heavy atom. The molecule has 5 aromatic carbocycles. The smallest absolute Gasteiger partial charge is 0.347 e. The third-order valence-electron chi connectivity index (χ3n) is 9.69. The minimum Gasteiger partial charge on any atom is -0.494 e. The van der Waals surface area contributed by atoms with Crippen molar-refractivity contribution < 1.29 is 32.6 Å². The maximum Gasteiger partial charge on any atom is 0.347 e. The highest BCUT2D eigenvalue weighted by molar-refractivity contribution is 6.21. The third-order valence-corrected chi connectivity index (χ3v) is 9.69. The van der Waals surface area contributed by atoms with E-state index >= 15 is 4.39 Å². The molecule has 0 N–H and O–H groups in total. The third kappa shape index (κ3) is 4.18. The van der Waals surface area contributed by atoms with E-state index in [9.17, 15) is 14.0 Å². The maximum atomic E-state index is 15.1. The molecule has 3 aliphatic rings. The highest BCUT2D eigenvalue weighted by Gasteiger charge is 2.47. The molecule has 5 aromatic rings. The van der Waals surface area contributed by atoms with E-state index in [-0.39, 0.29) is 16.9 Å². The van der Waals surface area contributed by atoms with Gasteiger partial charge >= 0.3 is 11.9 Å². The largest absolute Gasteiger partial charge is 0.494 e. The first-order chi connectivity index (χ1) is 22.6. The van der Waals surface area contributed by atoms with Gasteiger partial charge in [-0.15, -0.1) is 0 Å². The van der Waals surface area contributed by atoms with E-state index in [0.29, 0.717) is 34.3 Å². The van der Waals surface area contributed by atoms with Gasteiger partial charge in [-0.25, -0.2) is 18.4 Å². The Bertz CT molecular complexity index is 2180. The summed E-state index contributed by atoms with van der Waals surface area (Å²) in [4.78, 5) is 25.7. The van der Waals surface area contributed by atoms with Crippen LogP contribution in [0.15, 0.2) is 84.9 Å². The molecular weight excluding hydrogens is 598 g/mol. The maximum absolute atomic E-state index is 15.1. The van der Waals surface area contributed by atoms with E-state index in [1.54, 1.807) is 24.3 Å². The molecule has 5 nitrogen and oxygen atoms in total. The summed E-state index contributed by atoms with van der Waals surface area (Å²) in [7, 11) is 0. The van der Waals surface area contributed by atoms with E-state index in [1.807, 2.05) is 42.5 Å². The zero-order chi connectivity index (χ0) is 32.7. The van der Waals surface area contributed by atoms with Crippen LogP contribution >= 0.6 is 0 Å². The highest BCUT2D eigenvalue weighted by Crippen LogP contribution is 2.59. The van der Waals surface area contributed by atoms with Crippen LogP contribution in [0, 0.1) is 11.6 Å². The summed E-state index contributed by atoms with van der Waals surface area (Å²) in [5.41, 5.74) is 3.96. The highest BCUT2D eigenvalue weighted by atomic mass is 19.1. The Morgan fingerprint density at radius 3 is 2.19 bits per heavy atom. The predicted molar refractivity (Wildman–Crippen MR) is 175 cm³/mol. The van der Waals surface area contributed by atoms with Crippen molar-refractivity contribution >= 4 is 28.8 Å². The predicted octanol–water partition coefficient (Wildman–Crippen LogP) is 9.26. The number of carbonyl (C=O) groups is 2. The molecule has 0 aromatic heterocycles. The number of halogens is 2. The zero-order valence-corrected chi connectivity index (χ0v) is 26.1. The van der Waals surface area contributed by atoms with Gasteiger partial charge in [-0.3, -0.25) is 0 Å². The van der Waals surface area contributed by atoms with Gasteiger partial charge in [-0.05, 0) is 77.0 Å². The van der Waals surface area contributed by atoms with Crippen molar-refractivity contribution in [2.45, 2.75) is 44.6 Å². The van der Waals surface area contributed by atoms with Crippen LogP contribution in [0.1, 0.15) is 82.1 Å². The number of carbonyl (C=O) groups excluding carboxylic acids is 2. The molecule has 1 unspecified atom stereocenters. The number of esters is 2. The first-order valence-corrected chi connectivity index (χ1v) is 15.8. The fourth-order valence-electron chi connectivity index (χ4n) is 7.42. The molecule has 1 atom stereocenters. The molecule has 0 spiro atoms. The number of ether oxygens (including phenoxy) is 3. The van der Waals surface area contributed by atoms with Crippen LogP contribution in [-0.2, 0) is 15.8 Å². The fourth-order valence-corrected chi connectivity index (χ4v) is 7.42. The first kappa shape index (κ1) is 29.1. The Hall–Kier alpha value is -5.30. The van der Waals surface area contributed by atoms with Crippen LogP contribution in [0.5, 0.6) is 11.5 Å². The minimum absolute atomic E-state index is 0.217. The van der Waals surface area contributed by atoms with E-state index in [0.717, 1.165) is 46.4 Å². The van der Waals surface area contributed by atoms with Crippen LogP contribution in [0.4, 0.5) is 8.78 Å². The van der Waals surface area contributed by atoms with Crippen molar-refractivity contribution in [1.82, 2.24) is 0 Å². The van der Waals surface area contributed by atoms with E-state index in [1.165, 1.54) is 24.3 Å². The summed E-state index contributed by atoms with van der Waals surface area (Å²) in [6.45, 7) is 6.85. The van der Waals surface area contributed by atoms with Gasteiger partial charge < -0.3 is 14.2 Å². The molecule has 0 bridgehead atoms. The lowest BCUT2D eigenvalue weighted by Gasteiger charge is -2.38. The standard InChI is InChI=1S/C40H30F2O5/c1-4-5-20-45-26-13-8-23(9-14-26)40(22-6-10-24(41)11-7-22)19-18-29-35-32(27-15-12-25(42)21-30(27)36(29)47-40)34-31(39(35,2)3)17-16-28-33(34)38(44)46-37(28)43/h6-19,21H,4-5,20H2,1-3H3. The van der Waals surface area contributed by atoms with Crippen molar-refractivity contribution in [2.75, 3.05) is 6.61 Å². The van der Waals surface area contributed by atoms with E-state index < -0.39 is 28.8 Å². The number of hydrogen-bond acceptors (Lipinski definition) is 5. The second-order valence-corrected chi connectivity index (χ2v) is 12.8. The van der Waals surface area contributed by atoms with Gasteiger partial charge in [0.25, 0.3) is 0 Å². The van der Waals surface area contributed by atoms with Crippen molar-refractivity contribution in [3.63, 3.8) is 0 Å². The van der Waals surface area contributed by atoms with E-state index in [2.05, 4.69) is 20.8 Å². The summed E-state index contributed by atoms with van der Waals surface area (Å²) in [6, 6.07) is 21.9. The monoisotopic (exact) mass is 628 g/mol.